The number of para-hydroxylation sites is 2. The highest BCUT2D eigenvalue weighted by molar-refractivity contribution is 5.89. The Morgan fingerprint density at radius 3 is 2.22 bits per heavy atom. The molecule has 2 aliphatic heterocycles. The van der Waals surface area contributed by atoms with Crippen LogP contribution < -0.4 is 10.1 Å². The minimum atomic E-state index is -0.310. The fourth-order valence-corrected chi connectivity index (χ4v) is 3.88. The highest BCUT2D eigenvalue weighted by atomic mass is 16.5. The van der Waals surface area contributed by atoms with E-state index in [4.69, 9.17) is 4.74 Å². The van der Waals surface area contributed by atoms with Crippen molar-refractivity contribution in [2.45, 2.75) is 12.3 Å². The van der Waals surface area contributed by atoms with Gasteiger partial charge in [-0.3, -0.25) is 4.79 Å². The highest BCUT2D eigenvalue weighted by Gasteiger charge is 2.32. The largest absolute Gasteiger partial charge is 0.457 e. The van der Waals surface area contributed by atoms with Gasteiger partial charge >= 0.3 is 0 Å². The van der Waals surface area contributed by atoms with Crippen molar-refractivity contribution in [2.24, 2.45) is 0 Å². The summed E-state index contributed by atoms with van der Waals surface area (Å²) >= 11 is 0. The van der Waals surface area contributed by atoms with Gasteiger partial charge in [-0.25, -0.2) is 0 Å². The van der Waals surface area contributed by atoms with Crippen LogP contribution in [0.15, 0.2) is 48.5 Å². The van der Waals surface area contributed by atoms with Gasteiger partial charge in [-0.05, 0) is 32.1 Å². The molecule has 142 valence electrons. The van der Waals surface area contributed by atoms with Crippen LogP contribution in [0.25, 0.3) is 0 Å². The third-order valence-corrected chi connectivity index (χ3v) is 5.49. The number of fused-ring (bicyclic) bond motifs is 2. The van der Waals surface area contributed by atoms with Crippen molar-refractivity contribution in [1.82, 2.24) is 15.1 Å². The maximum absolute atomic E-state index is 13.0. The molecule has 27 heavy (non-hydrogen) atoms. The minimum Gasteiger partial charge on any atom is -0.457 e. The second-order valence-corrected chi connectivity index (χ2v) is 7.40. The average Bonchev–Trinajstić information content (AvgIpc) is 2.70. The summed E-state index contributed by atoms with van der Waals surface area (Å²) < 4.78 is 5.98. The first-order valence-corrected chi connectivity index (χ1v) is 9.77. The molecule has 0 aliphatic carbocycles. The summed E-state index contributed by atoms with van der Waals surface area (Å²) in [4.78, 5) is 17.9. The van der Waals surface area contributed by atoms with E-state index in [9.17, 15) is 4.79 Å². The zero-order valence-electron chi connectivity index (χ0n) is 15.9. The Hall–Kier alpha value is -2.37. The Morgan fingerprint density at radius 1 is 1.00 bits per heavy atom. The second kappa shape index (κ2) is 8.11. The lowest BCUT2D eigenvalue weighted by molar-refractivity contribution is -0.121. The molecule has 1 fully saturated rings. The summed E-state index contributed by atoms with van der Waals surface area (Å²) in [7, 11) is 2.17. The topological polar surface area (TPSA) is 44.8 Å². The maximum atomic E-state index is 13.0. The normalized spacial score (nSPS) is 17.7. The first-order chi connectivity index (χ1) is 13.2. The number of carbonyl (C=O) groups excluding carboxylic acids is 1. The van der Waals surface area contributed by atoms with Crippen LogP contribution in [0.2, 0.25) is 0 Å². The second-order valence-electron chi connectivity index (χ2n) is 7.40. The molecular weight excluding hydrogens is 338 g/mol. The first-order valence-electron chi connectivity index (χ1n) is 9.77. The third-order valence-electron chi connectivity index (χ3n) is 5.49. The standard InChI is InChI=1S/C22H27N3O2/c1-24-13-15-25(16-14-24)12-6-11-23-22(26)21-17-7-2-4-9-19(17)27-20-10-5-3-8-18(20)21/h2-5,7-10,21H,6,11-16H2,1H3,(H,23,26). The van der Waals surface area contributed by atoms with Crippen LogP contribution in [-0.4, -0.2) is 62.0 Å². The van der Waals surface area contributed by atoms with E-state index in [0.29, 0.717) is 6.54 Å². The average molecular weight is 365 g/mol. The van der Waals surface area contributed by atoms with Gasteiger partial charge in [-0.15, -0.1) is 0 Å². The zero-order chi connectivity index (χ0) is 18.6. The van der Waals surface area contributed by atoms with E-state index in [-0.39, 0.29) is 11.8 Å². The predicted octanol–water partition coefficient (Wildman–Crippen LogP) is 2.68. The van der Waals surface area contributed by atoms with Crippen LogP contribution in [0.5, 0.6) is 11.5 Å². The molecule has 5 heteroatoms. The number of rotatable bonds is 5. The fourth-order valence-electron chi connectivity index (χ4n) is 3.88. The van der Waals surface area contributed by atoms with Gasteiger partial charge in [-0.2, -0.15) is 0 Å². The highest BCUT2D eigenvalue weighted by Crippen LogP contribution is 2.43. The van der Waals surface area contributed by atoms with Gasteiger partial charge in [0.2, 0.25) is 5.91 Å². The Morgan fingerprint density at radius 2 is 1.59 bits per heavy atom. The Balaban J connectivity index is 1.38. The van der Waals surface area contributed by atoms with Gasteiger partial charge in [0.1, 0.15) is 11.5 Å². The molecule has 0 spiro atoms. The molecule has 0 radical (unpaired) electrons. The molecule has 0 aromatic heterocycles. The molecule has 2 aromatic carbocycles. The fraction of sp³-hybridized carbons (Fsp3) is 0.409. The number of amides is 1. The summed E-state index contributed by atoms with van der Waals surface area (Å²) in [6.07, 6.45) is 0.974. The lowest BCUT2D eigenvalue weighted by Crippen LogP contribution is -2.45. The van der Waals surface area contributed by atoms with Crippen molar-refractivity contribution in [2.75, 3.05) is 46.3 Å². The molecule has 2 heterocycles. The molecule has 1 amide bonds. The first kappa shape index (κ1) is 18.0. The smallest absolute Gasteiger partial charge is 0.232 e. The summed E-state index contributed by atoms with van der Waals surface area (Å²) in [6.45, 7) is 6.22. The van der Waals surface area contributed by atoms with Crippen molar-refractivity contribution in [3.8, 4) is 11.5 Å². The zero-order valence-corrected chi connectivity index (χ0v) is 15.9. The summed E-state index contributed by atoms with van der Waals surface area (Å²) in [5.41, 5.74) is 1.88. The Bertz CT molecular complexity index is 754. The lowest BCUT2D eigenvalue weighted by atomic mass is 9.87. The van der Waals surface area contributed by atoms with Gasteiger partial charge in [0.25, 0.3) is 0 Å². The van der Waals surface area contributed by atoms with Crippen molar-refractivity contribution < 1.29 is 9.53 Å². The summed E-state index contributed by atoms with van der Waals surface area (Å²) in [5.74, 6) is 1.29. The van der Waals surface area contributed by atoms with Crippen molar-refractivity contribution in [1.29, 1.82) is 0 Å². The molecule has 1 N–H and O–H groups in total. The monoisotopic (exact) mass is 365 g/mol. The minimum absolute atomic E-state index is 0.0524. The molecule has 2 aromatic rings. The molecule has 0 bridgehead atoms. The van der Waals surface area contributed by atoms with Crippen molar-refractivity contribution in [3.63, 3.8) is 0 Å². The predicted molar refractivity (Wildman–Crippen MR) is 106 cm³/mol. The van der Waals surface area contributed by atoms with E-state index < -0.39 is 0 Å². The maximum Gasteiger partial charge on any atom is 0.232 e. The molecular formula is C22H27N3O2. The van der Waals surface area contributed by atoms with Gasteiger partial charge < -0.3 is 19.9 Å². The molecule has 0 unspecified atom stereocenters. The summed E-state index contributed by atoms with van der Waals surface area (Å²) in [5, 5.41) is 3.15. The number of hydrogen-bond donors (Lipinski definition) is 1. The van der Waals surface area contributed by atoms with Gasteiger partial charge in [-0.1, -0.05) is 36.4 Å². The number of carbonyl (C=O) groups is 1. The molecule has 4 rings (SSSR count). The Labute approximate surface area is 160 Å². The van der Waals surface area contributed by atoms with E-state index >= 15 is 0 Å². The third kappa shape index (κ3) is 3.99. The van der Waals surface area contributed by atoms with Crippen LogP contribution in [0, 0.1) is 0 Å². The van der Waals surface area contributed by atoms with Crippen LogP contribution in [0.4, 0.5) is 0 Å². The van der Waals surface area contributed by atoms with Gasteiger partial charge in [0.05, 0.1) is 5.92 Å². The number of likely N-dealkylation sites (N-methyl/N-ethyl adjacent to an activating group) is 1. The number of hydrogen-bond acceptors (Lipinski definition) is 4. The molecule has 5 nitrogen and oxygen atoms in total. The molecule has 0 saturated carbocycles. The lowest BCUT2D eigenvalue weighted by Gasteiger charge is -2.32. The van der Waals surface area contributed by atoms with E-state index in [1.54, 1.807) is 0 Å². The molecule has 2 aliphatic rings. The van der Waals surface area contributed by atoms with Crippen LogP contribution in [-0.2, 0) is 4.79 Å². The summed E-state index contributed by atoms with van der Waals surface area (Å²) in [6, 6.07) is 15.6. The van der Waals surface area contributed by atoms with E-state index in [1.165, 1.54) is 0 Å². The van der Waals surface area contributed by atoms with Crippen LogP contribution in [0.1, 0.15) is 23.5 Å². The van der Waals surface area contributed by atoms with Crippen LogP contribution >= 0.6 is 0 Å². The number of nitrogens with one attached hydrogen (secondary N) is 1. The quantitative estimate of drug-likeness (QED) is 0.828. The number of benzene rings is 2. The van der Waals surface area contributed by atoms with Gasteiger partial charge in [0.15, 0.2) is 0 Å². The van der Waals surface area contributed by atoms with E-state index in [0.717, 1.165) is 61.8 Å². The van der Waals surface area contributed by atoms with E-state index in [1.807, 2.05) is 48.5 Å². The van der Waals surface area contributed by atoms with Crippen molar-refractivity contribution in [3.05, 3.63) is 59.7 Å². The number of nitrogens with zero attached hydrogens (tertiary/aromatic N) is 2. The van der Waals surface area contributed by atoms with Gasteiger partial charge in [0, 0.05) is 43.9 Å². The van der Waals surface area contributed by atoms with E-state index in [2.05, 4.69) is 22.2 Å². The Kier molecular flexibility index (Phi) is 5.41. The molecule has 1 saturated heterocycles. The van der Waals surface area contributed by atoms with Crippen LogP contribution in [0.3, 0.4) is 0 Å². The number of ether oxygens (including phenoxy) is 1. The van der Waals surface area contributed by atoms with Crippen molar-refractivity contribution >= 4 is 5.91 Å². The molecule has 0 atom stereocenters. The number of piperazine rings is 1. The SMILES string of the molecule is CN1CCN(CCCNC(=O)C2c3ccccc3Oc3ccccc32)CC1.